The van der Waals surface area contributed by atoms with Gasteiger partial charge in [0.2, 0.25) is 0 Å². The molecule has 4 heteroatoms. The van der Waals surface area contributed by atoms with Crippen LogP contribution in [0.1, 0.15) is 25.3 Å². The van der Waals surface area contributed by atoms with Crippen LogP contribution < -0.4 is 5.32 Å². The lowest BCUT2D eigenvalue weighted by Gasteiger charge is -2.11. The predicted molar refractivity (Wildman–Crippen MR) is 103 cm³/mol. The van der Waals surface area contributed by atoms with Gasteiger partial charge in [0.05, 0.1) is 6.10 Å². The molecule has 0 radical (unpaired) electrons. The van der Waals surface area contributed by atoms with Crippen molar-refractivity contribution >= 4 is 34.2 Å². The van der Waals surface area contributed by atoms with E-state index in [1.165, 1.54) is 40.2 Å². The van der Waals surface area contributed by atoms with Crippen LogP contribution in [-0.2, 0) is 17.8 Å². The number of nitrogens with zero attached hydrogens (tertiary/aromatic N) is 1. The van der Waals surface area contributed by atoms with Crippen molar-refractivity contribution in [3.05, 3.63) is 48.0 Å². The molecule has 1 atom stereocenters. The lowest BCUT2D eigenvalue weighted by atomic mass is 10.1. The number of ether oxygens (including phenoxy) is 1. The number of aromatic nitrogens is 1. The van der Waals surface area contributed by atoms with Gasteiger partial charge >= 0.3 is 0 Å². The number of hydrogen-bond acceptors (Lipinski definition) is 2. The average molecular weight is 345 g/mol. The van der Waals surface area contributed by atoms with E-state index in [2.05, 4.69) is 59.3 Å². The minimum absolute atomic E-state index is 0. The second kappa shape index (κ2) is 7.56. The van der Waals surface area contributed by atoms with Crippen molar-refractivity contribution in [2.24, 2.45) is 0 Å². The van der Waals surface area contributed by atoms with Gasteiger partial charge in [-0.1, -0.05) is 24.3 Å². The summed E-state index contributed by atoms with van der Waals surface area (Å²) in [5, 5.41) is 6.26. The Bertz CT molecular complexity index is 821. The largest absolute Gasteiger partial charge is 0.377 e. The molecule has 4 rings (SSSR count). The van der Waals surface area contributed by atoms with Crippen LogP contribution in [0.3, 0.4) is 0 Å². The van der Waals surface area contributed by atoms with Crippen LogP contribution >= 0.6 is 12.4 Å². The molecule has 1 aromatic heterocycles. The van der Waals surface area contributed by atoms with E-state index in [1.807, 2.05) is 0 Å². The molecule has 128 valence electrons. The van der Waals surface area contributed by atoms with Crippen molar-refractivity contribution in [1.29, 1.82) is 0 Å². The van der Waals surface area contributed by atoms with Crippen LogP contribution in [0.5, 0.6) is 0 Å². The maximum atomic E-state index is 5.67. The molecule has 1 unspecified atom stereocenters. The molecule has 0 spiro atoms. The number of fused-ring (bicyclic) bond motifs is 3. The monoisotopic (exact) mass is 344 g/mol. The Kier molecular flexibility index (Phi) is 5.44. The molecule has 0 amide bonds. The molecule has 2 heterocycles. The van der Waals surface area contributed by atoms with Crippen LogP contribution in [0.4, 0.5) is 0 Å². The van der Waals surface area contributed by atoms with E-state index < -0.39 is 0 Å². The van der Waals surface area contributed by atoms with E-state index in [4.69, 9.17) is 4.74 Å². The van der Waals surface area contributed by atoms with Gasteiger partial charge in [-0.2, -0.15) is 0 Å². The maximum absolute atomic E-state index is 5.67. The molecular formula is C20H25ClN2O. The third kappa shape index (κ3) is 3.16. The fourth-order valence-corrected chi connectivity index (χ4v) is 3.73. The zero-order valence-electron chi connectivity index (χ0n) is 14.1. The van der Waals surface area contributed by atoms with E-state index >= 15 is 0 Å². The molecule has 3 aromatic rings. The smallest absolute Gasteiger partial charge is 0.0700 e. The molecule has 1 fully saturated rings. The Morgan fingerprint density at radius 1 is 1.12 bits per heavy atom. The molecule has 1 saturated heterocycles. The van der Waals surface area contributed by atoms with Gasteiger partial charge in [-0.3, -0.25) is 0 Å². The van der Waals surface area contributed by atoms with Crippen molar-refractivity contribution in [1.82, 2.24) is 9.88 Å². The van der Waals surface area contributed by atoms with Gasteiger partial charge in [-0.25, -0.2) is 0 Å². The molecule has 3 nitrogen and oxygen atoms in total. The van der Waals surface area contributed by atoms with Crippen molar-refractivity contribution in [2.45, 2.75) is 39.0 Å². The highest BCUT2D eigenvalue weighted by molar-refractivity contribution is 6.08. The SMILES string of the molecule is CCn1c2ccccc2c2cc(CNCC3CCCO3)ccc21.Cl. The Labute approximate surface area is 149 Å². The van der Waals surface area contributed by atoms with Crippen LogP contribution in [0.2, 0.25) is 0 Å². The molecular weight excluding hydrogens is 320 g/mol. The summed E-state index contributed by atoms with van der Waals surface area (Å²) in [7, 11) is 0. The van der Waals surface area contributed by atoms with Gasteiger partial charge in [0, 0.05) is 48.0 Å². The van der Waals surface area contributed by atoms with E-state index in [-0.39, 0.29) is 12.4 Å². The standard InChI is InChI=1S/C20H24N2O.ClH/c1-2-22-19-8-4-3-7-17(19)18-12-15(9-10-20(18)22)13-21-14-16-6-5-11-23-16;/h3-4,7-10,12,16,21H,2,5-6,11,13-14H2,1H3;1H. The summed E-state index contributed by atoms with van der Waals surface area (Å²) in [6.45, 7) is 5.99. The highest BCUT2D eigenvalue weighted by Gasteiger charge is 2.14. The first-order valence-corrected chi connectivity index (χ1v) is 8.69. The zero-order chi connectivity index (χ0) is 15.6. The fraction of sp³-hybridized carbons (Fsp3) is 0.400. The highest BCUT2D eigenvalue weighted by atomic mass is 35.5. The number of benzene rings is 2. The second-order valence-corrected chi connectivity index (χ2v) is 6.38. The van der Waals surface area contributed by atoms with Crippen molar-refractivity contribution in [3.63, 3.8) is 0 Å². The Balaban J connectivity index is 0.00000169. The minimum Gasteiger partial charge on any atom is -0.377 e. The van der Waals surface area contributed by atoms with Gasteiger partial charge in [-0.15, -0.1) is 12.4 Å². The number of aryl methyl sites for hydroxylation is 1. The topological polar surface area (TPSA) is 26.2 Å². The Morgan fingerprint density at radius 2 is 1.96 bits per heavy atom. The van der Waals surface area contributed by atoms with Crippen LogP contribution in [0, 0.1) is 0 Å². The van der Waals surface area contributed by atoms with Gasteiger partial charge < -0.3 is 14.6 Å². The molecule has 1 N–H and O–H groups in total. The number of halogens is 1. The van der Waals surface area contributed by atoms with Gasteiger partial charge in [0.15, 0.2) is 0 Å². The van der Waals surface area contributed by atoms with Crippen molar-refractivity contribution in [3.8, 4) is 0 Å². The third-order valence-corrected chi connectivity index (χ3v) is 4.88. The molecule has 0 aliphatic carbocycles. The third-order valence-electron chi connectivity index (χ3n) is 4.88. The first-order chi connectivity index (χ1) is 11.4. The summed E-state index contributed by atoms with van der Waals surface area (Å²) in [5.74, 6) is 0. The van der Waals surface area contributed by atoms with E-state index in [0.717, 1.165) is 26.2 Å². The normalized spacial score (nSPS) is 17.5. The molecule has 1 aliphatic heterocycles. The first-order valence-electron chi connectivity index (χ1n) is 8.69. The second-order valence-electron chi connectivity index (χ2n) is 6.38. The lowest BCUT2D eigenvalue weighted by molar-refractivity contribution is 0.110. The number of nitrogens with one attached hydrogen (secondary N) is 1. The van der Waals surface area contributed by atoms with Crippen LogP contribution in [-0.4, -0.2) is 23.8 Å². The van der Waals surface area contributed by atoms with Crippen LogP contribution in [0.25, 0.3) is 21.8 Å². The average Bonchev–Trinajstić information content (AvgIpc) is 3.20. The number of hydrogen-bond donors (Lipinski definition) is 1. The van der Waals surface area contributed by atoms with Gasteiger partial charge in [-0.05, 0) is 43.5 Å². The summed E-state index contributed by atoms with van der Waals surface area (Å²) in [6.07, 6.45) is 2.80. The molecule has 2 aromatic carbocycles. The summed E-state index contributed by atoms with van der Waals surface area (Å²) in [4.78, 5) is 0. The van der Waals surface area contributed by atoms with E-state index in [9.17, 15) is 0 Å². The summed E-state index contributed by atoms with van der Waals surface area (Å²) >= 11 is 0. The maximum Gasteiger partial charge on any atom is 0.0700 e. The summed E-state index contributed by atoms with van der Waals surface area (Å²) < 4.78 is 8.07. The van der Waals surface area contributed by atoms with Crippen molar-refractivity contribution in [2.75, 3.05) is 13.2 Å². The highest BCUT2D eigenvalue weighted by Crippen LogP contribution is 2.29. The first kappa shape index (κ1) is 17.3. The molecule has 0 bridgehead atoms. The zero-order valence-corrected chi connectivity index (χ0v) is 14.9. The minimum atomic E-state index is 0. The predicted octanol–water partition coefficient (Wildman–Crippen LogP) is 4.50. The van der Waals surface area contributed by atoms with Crippen LogP contribution in [0.15, 0.2) is 42.5 Å². The van der Waals surface area contributed by atoms with E-state index in [0.29, 0.717) is 6.10 Å². The Morgan fingerprint density at radius 3 is 2.75 bits per heavy atom. The summed E-state index contributed by atoms with van der Waals surface area (Å²) in [6, 6.07) is 15.5. The fourth-order valence-electron chi connectivity index (χ4n) is 3.73. The van der Waals surface area contributed by atoms with E-state index in [1.54, 1.807) is 0 Å². The van der Waals surface area contributed by atoms with Gasteiger partial charge in [0.1, 0.15) is 0 Å². The molecule has 0 saturated carbocycles. The lowest BCUT2D eigenvalue weighted by Crippen LogP contribution is -2.25. The summed E-state index contributed by atoms with van der Waals surface area (Å²) in [5.41, 5.74) is 4.00. The quantitative estimate of drug-likeness (QED) is 0.737. The Hall–Kier alpha value is -1.55. The number of para-hydroxylation sites is 1. The van der Waals surface area contributed by atoms with Gasteiger partial charge in [0.25, 0.3) is 0 Å². The molecule has 24 heavy (non-hydrogen) atoms. The molecule has 1 aliphatic rings. The number of rotatable bonds is 5. The van der Waals surface area contributed by atoms with Crippen molar-refractivity contribution < 1.29 is 4.74 Å².